The van der Waals surface area contributed by atoms with Crippen LogP contribution >= 0.6 is 0 Å². The zero-order chi connectivity index (χ0) is 13.2. The minimum Gasteiger partial charge on any atom is -0.381 e. The van der Waals surface area contributed by atoms with Crippen LogP contribution in [0.1, 0.15) is 52.4 Å². The van der Waals surface area contributed by atoms with E-state index < -0.39 is 0 Å². The molecule has 0 aromatic rings. The van der Waals surface area contributed by atoms with Crippen LogP contribution in [0.25, 0.3) is 0 Å². The smallest absolute Gasteiger partial charge is 0.0832 e. The molecule has 3 nitrogen and oxygen atoms in total. The summed E-state index contributed by atoms with van der Waals surface area (Å²) in [6, 6.07) is 0.169. The summed E-state index contributed by atoms with van der Waals surface area (Å²) in [4.78, 5) is 0. The van der Waals surface area contributed by atoms with Crippen LogP contribution in [-0.2, 0) is 9.47 Å². The van der Waals surface area contributed by atoms with Gasteiger partial charge in [-0.25, -0.2) is 0 Å². The molecule has 2 rings (SSSR count). The van der Waals surface area contributed by atoms with Crippen molar-refractivity contribution < 1.29 is 9.47 Å². The molecule has 1 saturated heterocycles. The van der Waals surface area contributed by atoms with Crippen molar-refractivity contribution in [3.8, 4) is 0 Å². The number of nitrogens with two attached hydrogens (primary N) is 1. The minimum atomic E-state index is -0.0858. The highest BCUT2D eigenvalue weighted by atomic mass is 16.5. The second-order valence-electron chi connectivity index (χ2n) is 6.91. The van der Waals surface area contributed by atoms with Crippen molar-refractivity contribution >= 4 is 0 Å². The van der Waals surface area contributed by atoms with Crippen molar-refractivity contribution in [1.29, 1.82) is 0 Å². The van der Waals surface area contributed by atoms with Gasteiger partial charge in [-0.2, -0.15) is 0 Å². The Hall–Kier alpha value is -0.120. The molecule has 3 heteroatoms. The number of rotatable bonds is 3. The van der Waals surface area contributed by atoms with Crippen LogP contribution in [0, 0.1) is 11.3 Å². The van der Waals surface area contributed by atoms with E-state index in [0.717, 1.165) is 38.9 Å². The lowest BCUT2D eigenvalue weighted by Gasteiger charge is -2.48. The third kappa shape index (κ3) is 2.89. The molecule has 0 spiro atoms. The van der Waals surface area contributed by atoms with Gasteiger partial charge in [0.05, 0.1) is 5.60 Å². The fourth-order valence-corrected chi connectivity index (χ4v) is 3.53. The molecule has 106 valence electrons. The quantitative estimate of drug-likeness (QED) is 0.843. The predicted molar refractivity (Wildman–Crippen MR) is 73.5 cm³/mol. The molecule has 0 amide bonds. The first kappa shape index (κ1) is 14.3. The fraction of sp³-hybridized carbons (Fsp3) is 1.00. The van der Waals surface area contributed by atoms with Gasteiger partial charge in [-0.05, 0) is 49.9 Å². The summed E-state index contributed by atoms with van der Waals surface area (Å²) in [5.74, 6) is 0.569. The van der Waals surface area contributed by atoms with E-state index in [4.69, 9.17) is 15.2 Å². The van der Waals surface area contributed by atoms with E-state index in [1.807, 2.05) is 7.11 Å². The highest BCUT2D eigenvalue weighted by molar-refractivity contribution is 5.00. The van der Waals surface area contributed by atoms with E-state index in [1.165, 1.54) is 12.8 Å². The van der Waals surface area contributed by atoms with E-state index in [0.29, 0.717) is 11.3 Å². The Morgan fingerprint density at radius 1 is 1.11 bits per heavy atom. The van der Waals surface area contributed by atoms with Gasteiger partial charge in [-0.3, -0.25) is 0 Å². The highest BCUT2D eigenvalue weighted by Gasteiger charge is 2.45. The Kier molecular flexibility index (Phi) is 4.35. The molecular weight excluding hydrogens is 226 g/mol. The van der Waals surface area contributed by atoms with Crippen LogP contribution in [0.5, 0.6) is 0 Å². The zero-order valence-corrected chi connectivity index (χ0v) is 12.2. The van der Waals surface area contributed by atoms with Gasteiger partial charge in [0, 0.05) is 26.4 Å². The van der Waals surface area contributed by atoms with Crippen molar-refractivity contribution in [2.75, 3.05) is 20.3 Å². The number of methoxy groups -OCH3 is 1. The SMILES string of the molecule is COC1(C(N)C2CCOCC2)CCC(C)(C)CC1. The van der Waals surface area contributed by atoms with Crippen LogP contribution in [0.15, 0.2) is 0 Å². The largest absolute Gasteiger partial charge is 0.381 e. The van der Waals surface area contributed by atoms with E-state index in [-0.39, 0.29) is 11.6 Å². The molecule has 0 aromatic heterocycles. The zero-order valence-electron chi connectivity index (χ0n) is 12.2. The average molecular weight is 255 g/mol. The molecule has 2 aliphatic rings. The topological polar surface area (TPSA) is 44.5 Å². The molecule has 1 saturated carbocycles. The Labute approximate surface area is 111 Å². The Bertz CT molecular complexity index is 262. The normalized spacial score (nSPS) is 30.0. The summed E-state index contributed by atoms with van der Waals surface area (Å²) < 4.78 is 11.4. The summed E-state index contributed by atoms with van der Waals surface area (Å²) in [6.07, 6.45) is 6.84. The lowest BCUT2D eigenvalue weighted by Crippen LogP contribution is -2.56. The van der Waals surface area contributed by atoms with Crippen LogP contribution in [0.3, 0.4) is 0 Å². The first-order chi connectivity index (χ1) is 8.49. The number of ether oxygens (including phenoxy) is 2. The first-order valence-corrected chi connectivity index (χ1v) is 7.38. The number of hydrogen-bond donors (Lipinski definition) is 1. The molecular formula is C15H29NO2. The van der Waals surface area contributed by atoms with Crippen LogP contribution in [-0.4, -0.2) is 32.0 Å². The van der Waals surface area contributed by atoms with Crippen molar-refractivity contribution in [2.24, 2.45) is 17.1 Å². The first-order valence-electron chi connectivity index (χ1n) is 7.38. The van der Waals surface area contributed by atoms with Crippen LogP contribution in [0.2, 0.25) is 0 Å². The van der Waals surface area contributed by atoms with Gasteiger partial charge in [-0.1, -0.05) is 13.8 Å². The third-order valence-electron chi connectivity index (χ3n) is 5.24. The Morgan fingerprint density at radius 3 is 2.17 bits per heavy atom. The molecule has 1 aliphatic carbocycles. The van der Waals surface area contributed by atoms with Crippen molar-refractivity contribution in [3.05, 3.63) is 0 Å². The molecule has 0 radical (unpaired) electrons. The van der Waals surface area contributed by atoms with E-state index in [1.54, 1.807) is 0 Å². The van der Waals surface area contributed by atoms with Gasteiger partial charge in [0.15, 0.2) is 0 Å². The van der Waals surface area contributed by atoms with E-state index in [2.05, 4.69) is 13.8 Å². The van der Waals surface area contributed by atoms with Crippen LogP contribution < -0.4 is 5.73 Å². The van der Waals surface area contributed by atoms with Crippen molar-refractivity contribution in [1.82, 2.24) is 0 Å². The van der Waals surface area contributed by atoms with Gasteiger partial charge >= 0.3 is 0 Å². The Balaban J connectivity index is 2.02. The highest BCUT2D eigenvalue weighted by Crippen LogP contribution is 2.45. The fourth-order valence-electron chi connectivity index (χ4n) is 3.53. The maximum Gasteiger partial charge on any atom is 0.0832 e. The number of hydrogen-bond acceptors (Lipinski definition) is 3. The van der Waals surface area contributed by atoms with Gasteiger partial charge < -0.3 is 15.2 Å². The molecule has 1 unspecified atom stereocenters. The van der Waals surface area contributed by atoms with Crippen LogP contribution in [0.4, 0.5) is 0 Å². The third-order valence-corrected chi connectivity index (χ3v) is 5.24. The summed E-state index contributed by atoms with van der Waals surface area (Å²) in [5.41, 5.74) is 6.95. The monoisotopic (exact) mass is 255 g/mol. The van der Waals surface area contributed by atoms with Crippen molar-refractivity contribution in [2.45, 2.75) is 64.0 Å². The summed E-state index contributed by atoms with van der Waals surface area (Å²) >= 11 is 0. The second kappa shape index (κ2) is 5.48. The molecule has 2 fully saturated rings. The van der Waals surface area contributed by atoms with E-state index in [9.17, 15) is 0 Å². The molecule has 0 bridgehead atoms. The van der Waals surface area contributed by atoms with Gasteiger partial charge in [0.2, 0.25) is 0 Å². The molecule has 1 heterocycles. The van der Waals surface area contributed by atoms with Gasteiger partial charge in [-0.15, -0.1) is 0 Å². The maximum atomic E-state index is 6.58. The van der Waals surface area contributed by atoms with Crippen molar-refractivity contribution in [3.63, 3.8) is 0 Å². The predicted octanol–water partition coefficient (Wildman–Crippen LogP) is 2.73. The average Bonchev–Trinajstić information content (AvgIpc) is 2.40. The molecule has 0 aromatic carbocycles. The Morgan fingerprint density at radius 2 is 1.67 bits per heavy atom. The lowest BCUT2D eigenvalue weighted by molar-refractivity contribution is -0.0989. The molecule has 18 heavy (non-hydrogen) atoms. The molecule has 1 atom stereocenters. The lowest BCUT2D eigenvalue weighted by atomic mass is 9.66. The second-order valence-corrected chi connectivity index (χ2v) is 6.91. The molecule has 2 N–H and O–H groups in total. The van der Waals surface area contributed by atoms with Gasteiger partial charge in [0.1, 0.15) is 0 Å². The standard InChI is InChI=1S/C15H29NO2/c1-14(2)6-8-15(17-3,9-7-14)13(16)12-4-10-18-11-5-12/h12-13H,4-11,16H2,1-3H3. The summed E-state index contributed by atoms with van der Waals surface area (Å²) in [7, 11) is 1.84. The summed E-state index contributed by atoms with van der Waals surface area (Å²) in [6.45, 7) is 6.44. The van der Waals surface area contributed by atoms with Gasteiger partial charge in [0.25, 0.3) is 0 Å². The van der Waals surface area contributed by atoms with E-state index >= 15 is 0 Å². The summed E-state index contributed by atoms with van der Waals surface area (Å²) in [5, 5.41) is 0. The minimum absolute atomic E-state index is 0.0858. The maximum absolute atomic E-state index is 6.58. The molecule has 1 aliphatic heterocycles.